The summed E-state index contributed by atoms with van der Waals surface area (Å²) in [6.07, 6.45) is 2.05. The van der Waals surface area contributed by atoms with E-state index < -0.39 is 0 Å². The molecule has 1 aromatic rings. The van der Waals surface area contributed by atoms with Crippen LogP contribution in [-0.4, -0.2) is 36.1 Å². The number of halogens is 1. The number of rotatable bonds is 5. The molecule has 2 atom stereocenters. The number of hydrogen-bond acceptors (Lipinski definition) is 2. The maximum atomic E-state index is 13.3. The minimum absolute atomic E-state index is 0.133. The lowest BCUT2D eigenvalue weighted by molar-refractivity contribution is 0.0613. The van der Waals surface area contributed by atoms with E-state index in [0.29, 0.717) is 12.0 Å². The van der Waals surface area contributed by atoms with Crippen molar-refractivity contribution < 1.29 is 4.39 Å². The standard InChI is InChI=1S/C18H29FN2/c1-5-18(4)13-21(17(12-20-18)14(2)3)10-9-15-7-6-8-16(19)11-15/h6-8,11,14,17,20H,5,9-10,12-13H2,1-4H3. The normalized spacial score (nSPS) is 27.2. The Balaban J connectivity index is 2.02. The molecule has 0 saturated carbocycles. The second kappa shape index (κ2) is 6.89. The van der Waals surface area contributed by atoms with Crippen LogP contribution in [0.2, 0.25) is 0 Å². The largest absolute Gasteiger partial charge is 0.309 e. The number of nitrogens with one attached hydrogen (secondary N) is 1. The van der Waals surface area contributed by atoms with Gasteiger partial charge in [0.2, 0.25) is 0 Å². The Bertz CT molecular complexity index is 460. The Morgan fingerprint density at radius 2 is 2.19 bits per heavy atom. The van der Waals surface area contributed by atoms with Crippen molar-refractivity contribution >= 4 is 0 Å². The Hall–Kier alpha value is -0.930. The lowest BCUT2D eigenvalue weighted by Crippen LogP contribution is -2.64. The molecule has 1 heterocycles. The van der Waals surface area contributed by atoms with Crippen molar-refractivity contribution in [3.05, 3.63) is 35.6 Å². The molecule has 0 aromatic heterocycles. The van der Waals surface area contributed by atoms with Gasteiger partial charge in [-0.3, -0.25) is 4.90 Å². The minimum atomic E-state index is -0.133. The zero-order valence-corrected chi connectivity index (χ0v) is 13.8. The molecule has 2 unspecified atom stereocenters. The van der Waals surface area contributed by atoms with Crippen molar-refractivity contribution in [1.82, 2.24) is 10.2 Å². The Morgan fingerprint density at radius 3 is 2.81 bits per heavy atom. The highest BCUT2D eigenvalue weighted by Gasteiger charge is 2.35. The van der Waals surface area contributed by atoms with Gasteiger partial charge in [-0.15, -0.1) is 0 Å². The molecule has 3 heteroatoms. The fourth-order valence-corrected chi connectivity index (χ4v) is 3.21. The fraction of sp³-hybridized carbons (Fsp3) is 0.667. The summed E-state index contributed by atoms with van der Waals surface area (Å²) in [5.41, 5.74) is 1.29. The Morgan fingerprint density at radius 1 is 1.43 bits per heavy atom. The lowest BCUT2D eigenvalue weighted by atomic mass is 9.89. The Labute approximate surface area is 128 Å². The van der Waals surface area contributed by atoms with Crippen LogP contribution < -0.4 is 5.32 Å². The van der Waals surface area contributed by atoms with Gasteiger partial charge in [-0.1, -0.05) is 32.9 Å². The van der Waals surface area contributed by atoms with Crippen LogP contribution in [0, 0.1) is 11.7 Å². The molecule has 0 aliphatic carbocycles. The van der Waals surface area contributed by atoms with E-state index in [1.165, 1.54) is 6.07 Å². The molecule has 21 heavy (non-hydrogen) atoms. The molecule has 1 aromatic carbocycles. The van der Waals surface area contributed by atoms with Gasteiger partial charge in [0.05, 0.1) is 0 Å². The van der Waals surface area contributed by atoms with E-state index in [1.807, 2.05) is 6.07 Å². The van der Waals surface area contributed by atoms with Crippen molar-refractivity contribution in [3.63, 3.8) is 0 Å². The van der Waals surface area contributed by atoms with Crippen molar-refractivity contribution in [1.29, 1.82) is 0 Å². The van der Waals surface area contributed by atoms with E-state index >= 15 is 0 Å². The number of piperazine rings is 1. The molecule has 2 nitrogen and oxygen atoms in total. The summed E-state index contributed by atoms with van der Waals surface area (Å²) >= 11 is 0. The van der Waals surface area contributed by atoms with Crippen LogP contribution in [0.4, 0.5) is 4.39 Å². The van der Waals surface area contributed by atoms with Gasteiger partial charge in [0.1, 0.15) is 5.82 Å². The quantitative estimate of drug-likeness (QED) is 0.894. The summed E-state index contributed by atoms with van der Waals surface area (Å²) in [5.74, 6) is 0.498. The third-order valence-corrected chi connectivity index (χ3v) is 4.89. The van der Waals surface area contributed by atoms with E-state index in [4.69, 9.17) is 0 Å². The molecule has 0 bridgehead atoms. The smallest absolute Gasteiger partial charge is 0.123 e. The Kier molecular flexibility index (Phi) is 5.39. The monoisotopic (exact) mass is 292 g/mol. The molecule has 1 N–H and O–H groups in total. The van der Waals surface area contributed by atoms with Crippen molar-refractivity contribution in [2.45, 2.75) is 52.1 Å². The first-order chi connectivity index (χ1) is 9.93. The van der Waals surface area contributed by atoms with Crippen LogP contribution in [0.15, 0.2) is 24.3 Å². The number of hydrogen-bond donors (Lipinski definition) is 1. The van der Waals surface area contributed by atoms with E-state index in [9.17, 15) is 4.39 Å². The summed E-state index contributed by atoms with van der Waals surface area (Å²) in [6, 6.07) is 7.57. The van der Waals surface area contributed by atoms with Gasteiger partial charge < -0.3 is 5.32 Å². The van der Waals surface area contributed by atoms with Gasteiger partial charge in [-0.25, -0.2) is 4.39 Å². The summed E-state index contributed by atoms with van der Waals surface area (Å²) in [5, 5.41) is 3.71. The van der Waals surface area contributed by atoms with Crippen molar-refractivity contribution in [3.8, 4) is 0 Å². The average molecular weight is 292 g/mol. The molecular formula is C18H29FN2. The van der Waals surface area contributed by atoms with E-state index in [2.05, 4.69) is 37.9 Å². The predicted molar refractivity (Wildman–Crippen MR) is 87.0 cm³/mol. The van der Waals surface area contributed by atoms with Crippen molar-refractivity contribution in [2.24, 2.45) is 5.92 Å². The van der Waals surface area contributed by atoms with Gasteiger partial charge in [0.15, 0.2) is 0 Å². The van der Waals surface area contributed by atoms with Crippen LogP contribution >= 0.6 is 0 Å². The highest BCUT2D eigenvalue weighted by Crippen LogP contribution is 2.23. The second-order valence-electron chi connectivity index (χ2n) is 6.96. The zero-order chi connectivity index (χ0) is 15.5. The highest BCUT2D eigenvalue weighted by atomic mass is 19.1. The number of benzene rings is 1. The maximum absolute atomic E-state index is 13.3. The molecule has 2 rings (SSSR count). The SMILES string of the molecule is CCC1(C)CN(CCc2cccc(F)c2)C(C(C)C)CN1. The molecule has 0 amide bonds. The second-order valence-corrected chi connectivity index (χ2v) is 6.96. The van der Waals surface area contributed by atoms with Crippen LogP contribution in [0.3, 0.4) is 0 Å². The molecule has 0 radical (unpaired) electrons. The van der Waals surface area contributed by atoms with Gasteiger partial charge in [0.25, 0.3) is 0 Å². The first-order valence-electron chi connectivity index (χ1n) is 8.17. The third kappa shape index (κ3) is 4.27. The summed E-state index contributed by atoms with van der Waals surface area (Å²) in [7, 11) is 0. The van der Waals surface area contributed by atoms with Gasteiger partial charge >= 0.3 is 0 Å². The molecule has 1 aliphatic rings. The van der Waals surface area contributed by atoms with Crippen molar-refractivity contribution in [2.75, 3.05) is 19.6 Å². The predicted octanol–water partition coefficient (Wildman–Crippen LogP) is 3.47. The molecule has 1 saturated heterocycles. The molecule has 118 valence electrons. The zero-order valence-electron chi connectivity index (χ0n) is 13.8. The molecule has 1 aliphatic heterocycles. The number of nitrogens with zero attached hydrogens (tertiary/aromatic N) is 1. The van der Waals surface area contributed by atoms with Gasteiger partial charge in [-0.05, 0) is 43.4 Å². The van der Waals surface area contributed by atoms with Crippen LogP contribution in [0.25, 0.3) is 0 Å². The third-order valence-electron chi connectivity index (χ3n) is 4.89. The summed E-state index contributed by atoms with van der Waals surface area (Å²) < 4.78 is 13.3. The van der Waals surface area contributed by atoms with E-state index in [0.717, 1.165) is 38.0 Å². The van der Waals surface area contributed by atoms with Gasteiger partial charge in [0, 0.05) is 31.2 Å². The van der Waals surface area contributed by atoms with Crippen LogP contribution in [0.1, 0.15) is 39.7 Å². The first-order valence-corrected chi connectivity index (χ1v) is 8.17. The summed E-state index contributed by atoms with van der Waals surface area (Å²) in [4.78, 5) is 2.59. The maximum Gasteiger partial charge on any atom is 0.123 e. The van der Waals surface area contributed by atoms with Crippen LogP contribution in [-0.2, 0) is 6.42 Å². The fourth-order valence-electron chi connectivity index (χ4n) is 3.21. The van der Waals surface area contributed by atoms with E-state index in [-0.39, 0.29) is 11.4 Å². The van der Waals surface area contributed by atoms with Gasteiger partial charge in [-0.2, -0.15) is 0 Å². The first kappa shape index (κ1) is 16.4. The molecule has 0 spiro atoms. The minimum Gasteiger partial charge on any atom is -0.309 e. The van der Waals surface area contributed by atoms with E-state index in [1.54, 1.807) is 12.1 Å². The molecular weight excluding hydrogens is 263 g/mol. The topological polar surface area (TPSA) is 15.3 Å². The average Bonchev–Trinajstić information content (AvgIpc) is 2.45. The van der Waals surface area contributed by atoms with Crippen LogP contribution in [0.5, 0.6) is 0 Å². The molecule has 1 fully saturated rings. The lowest BCUT2D eigenvalue weighted by Gasteiger charge is -2.47. The summed E-state index contributed by atoms with van der Waals surface area (Å²) in [6.45, 7) is 12.2. The highest BCUT2D eigenvalue weighted by molar-refractivity contribution is 5.16.